The first-order valence-corrected chi connectivity index (χ1v) is 10.2. The molecule has 0 aromatic heterocycles. The predicted molar refractivity (Wildman–Crippen MR) is 101 cm³/mol. The molecule has 2 N–H and O–H groups in total. The van der Waals surface area contributed by atoms with Crippen LogP contribution in [0.2, 0.25) is 0 Å². The van der Waals surface area contributed by atoms with Gasteiger partial charge in [0.2, 0.25) is 11.8 Å². The summed E-state index contributed by atoms with van der Waals surface area (Å²) in [5.74, 6) is 2.82. The molecule has 2 amide bonds. The fraction of sp³-hybridized carbons (Fsp3) is 0.636. The molecule has 0 radical (unpaired) electrons. The maximum atomic E-state index is 12.4. The number of carbonyl (C=O) groups is 2. The Hall–Kier alpha value is -1.84. The van der Waals surface area contributed by atoms with Crippen LogP contribution < -0.4 is 10.6 Å². The van der Waals surface area contributed by atoms with Crippen molar-refractivity contribution in [2.75, 3.05) is 13.1 Å². The molecule has 4 bridgehead atoms. The quantitative estimate of drug-likeness (QED) is 0.740. The molecule has 4 saturated carbocycles. The van der Waals surface area contributed by atoms with E-state index in [4.69, 9.17) is 0 Å². The van der Waals surface area contributed by atoms with E-state index in [0.717, 1.165) is 23.3 Å². The molecule has 0 spiro atoms. The van der Waals surface area contributed by atoms with Crippen LogP contribution in [0, 0.1) is 23.2 Å². The molecule has 0 atom stereocenters. The summed E-state index contributed by atoms with van der Waals surface area (Å²) in [6.45, 7) is 1.02. The van der Waals surface area contributed by atoms with Crippen molar-refractivity contribution in [1.82, 2.24) is 10.6 Å². The lowest BCUT2D eigenvalue weighted by Gasteiger charge is -2.56. The smallest absolute Gasteiger partial charge is 0.224 e. The summed E-state index contributed by atoms with van der Waals surface area (Å²) in [4.78, 5) is 24.4. The molecule has 4 fully saturated rings. The molecule has 4 heteroatoms. The van der Waals surface area contributed by atoms with Crippen LogP contribution in [0.3, 0.4) is 0 Å². The standard InChI is InChI=1S/C22H30N2O2/c25-20(11-16-4-2-1-3-5-16)23-6-7-24-21(26)15-22-12-17-8-18(13-22)10-19(9-17)14-22/h1-5,17-19H,6-15H2,(H,23,25)(H,24,26). The zero-order chi connectivity index (χ0) is 18.0. The third-order valence-corrected chi connectivity index (χ3v) is 6.68. The number of hydrogen-bond acceptors (Lipinski definition) is 2. The normalized spacial score (nSPS) is 31.6. The molecular formula is C22H30N2O2. The first-order chi connectivity index (χ1) is 12.6. The lowest BCUT2D eigenvalue weighted by atomic mass is 9.49. The van der Waals surface area contributed by atoms with E-state index in [1.54, 1.807) is 0 Å². The second kappa shape index (κ2) is 7.42. The molecule has 0 heterocycles. The topological polar surface area (TPSA) is 58.2 Å². The first kappa shape index (κ1) is 17.6. The number of rotatable bonds is 7. The average molecular weight is 354 g/mol. The second-order valence-corrected chi connectivity index (χ2v) is 8.96. The van der Waals surface area contributed by atoms with Gasteiger partial charge in [0.25, 0.3) is 0 Å². The Morgan fingerprint density at radius 2 is 1.38 bits per heavy atom. The third-order valence-electron chi connectivity index (χ3n) is 6.68. The number of carbonyl (C=O) groups excluding carboxylic acids is 2. The molecule has 4 aliphatic carbocycles. The largest absolute Gasteiger partial charge is 0.354 e. The molecule has 0 aliphatic heterocycles. The second-order valence-electron chi connectivity index (χ2n) is 8.96. The molecule has 4 nitrogen and oxygen atoms in total. The highest BCUT2D eigenvalue weighted by Crippen LogP contribution is 2.61. The molecule has 0 saturated heterocycles. The maximum absolute atomic E-state index is 12.4. The maximum Gasteiger partial charge on any atom is 0.224 e. The van der Waals surface area contributed by atoms with E-state index in [1.165, 1.54) is 38.5 Å². The van der Waals surface area contributed by atoms with Gasteiger partial charge in [0, 0.05) is 19.5 Å². The minimum absolute atomic E-state index is 0.00605. The Morgan fingerprint density at radius 3 is 1.96 bits per heavy atom. The van der Waals surface area contributed by atoms with Crippen LogP contribution in [0.25, 0.3) is 0 Å². The van der Waals surface area contributed by atoms with Crippen molar-refractivity contribution in [2.24, 2.45) is 23.2 Å². The van der Waals surface area contributed by atoms with E-state index in [9.17, 15) is 9.59 Å². The summed E-state index contributed by atoms with van der Waals surface area (Å²) in [6, 6.07) is 9.72. The van der Waals surface area contributed by atoms with E-state index in [0.29, 0.717) is 25.9 Å². The Kier molecular flexibility index (Phi) is 5.01. The zero-order valence-corrected chi connectivity index (χ0v) is 15.5. The van der Waals surface area contributed by atoms with Crippen molar-refractivity contribution >= 4 is 11.8 Å². The summed E-state index contributed by atoms with van der Waals surface area (Å²) < 4.78 is 0. The van der Waals surface area contributed by atoms with E-state index in [1.807, 2.05) is 30.3 Å². The Labute approximate surface area is 156 Å². The van der Waals surface area contributed by atoms with Gasteiger partial charge in [-0.05, 0) is 67.3 Å². The summed E-state index contributed by atoms with van der Waals surface area (Å²) in [5, 5.41) is 5.92. The van der Waals surface area contributed by atoms with Crippen LogP contribution in [0.15, 0.2) is 30.3 Å². The van der Waals surface area contributed by atoms with Gasteiger partial charge in [-0.25, -0.2) is 0 Å². The fourth-order valence-corrected chi connectivity index (χ4v) is 6.16. The Bertz CT molecular complexity index is 620. The van der Waals surface area contributed by atoms with Crippen molar-refractivity contribution in [2.45, 2.75) is 51.4 Å². The van der Waals surface area contributed by atoms with Crippen LogP contribution in [-0.2, 0) is 16.0 Å². The van der Waals surface area contributed by atoms with E-state index in [-0.39, 0.29) is 17.2 Å². The fourth-order valence-electron chi connectivity index (χ4n) is 6.16. The molecule has 1 aromatic carbocycles. The summed E-state index contributed by atoms with van der Waals surface area (Å²) in [7, 11) is 0. The minimum atomic E-state index is 0.00605. The Balaban J connectivity index is 1.16. The third kappa shape index (κ3) is 4.11. The molecule has 0 unspecified atom stereocenters. The van der Waals surface area contributed by atoms with Gasteiger partial charge in [0.15, 0.2) is 0 Å². The van der Waals surface area contributed by atoms with Gasteiger partial charge in [-0.1, -0.05) is 30.3 Å². The van der Waals surface area contributed by atoms with Crippen LogP contribution in [0.4, 0.5) is 0 Å². The van der Waals surface area contributed by atoms with Gasteiger partial charge < -0.3 is 10.6 Å². The monoisotopic (exact) mass is 354 g/mol. The molecule has 26 heavy (non-hydrogen) atoms. The first-order valence-electron chi connectivity index (χ1n) is 10.2. The summed E-state index contributed by atoms with van der Waals surface area (Å²) in [5.41, 5.74) is 1.30. The van der Waals surface area contributed by atoms with Crippen LogP contribution >= 0.6 is 0 Å². The van der Waals surface area contributed by atoms with Crippen molar-refractivity contribution in [1.29, 1.82) is 0 Å². The van der Waals surface area contributed by atoms with Crippen molar-refractivity contribution in [3.8, 4) is 0 Å². The van der Waals surface area contributed by atoms with Crippen molar-refractivity contribution < 1.29 is 9.59 Å². The number of amides is 2. The molecule has 4 aliphatic rings. The molecule has 140 valence electrons. The van der Waals surface area contributed by atoms with Crippen molar-refractivity contribution in [3.05, 3.63) is 35.9 Å². The van der Waals surface area contributed by atoms with E-state index >= 15 is 0 Å². The highest BCUT2D eigenvalue weighted by Gasteiger charge is 2.51. The van der Waals surface area contributed by atoms with Gasteiger partial charge in [-0.2, -0.15) is 0 Å². The van der Waals surface area contributed by atoms with E-state index < -0.39 is 0 Å². The lowest BCUT2D eigenvalue weighted by molar-refractivity contribution is -0.129. The highest BCUT2D eigenvalue weighted by atomic mass is 16.2. The van der Waals surface area contributed by atoms with Gasteiger partial charge in [0.1, 0.15) is 0 Å². The molecule has 1 aromatic rings. The lowest BCUT2D eigenvalue weighted by Crippen LogP contribution is -2.48. The SMILES string of the molecule is O=C(Cc1ccccc1)NCCNC(=O)CC12CC3CC(CC(C3)C1)C2. The number of nitrogens with one attached hydrogen (secondary N) is 2. The molecule has 5 rings (SSSR count). The van der Waals surface area contributed by atoms with Gasteiger partial charge in [-0.3, -0.25) is 9.59 Å². The van der Waals surface area contributed by atoms with Crippen LogP contribution in [0.5, 0.6) is 0 Å². The van der Waals surface area contributed by atoms with Gasteiger partial charge in [0.05, 0.1) is 6.42 Å². The number of benzene rings is 1. The highest BCUT2D eigenvalue weighted by molar-refractivity contribution is 5.79. The van der Waals surface area contributed by atoms with E-state index in [2.05, 4.69) is 10.6 Å². The van der Waals surface area contributed by atoms with Gasteiger partial charge >= 0.3 is 0 Å². The average Bonchev–Trinajstić information content (AvgIpc) is 2.58. The summed E-state index contributed by atoms with van der Waals surface area (Å²) in [6.07, 6.45) is 9.11. The summed E-state index contributed by atoms with van der Waals surface area (Å²) >= 11 is 0. The predicted octanol–water partition coefficient (Wildman–Crippen LogP) is 3.07. The van der Waals surface area contributed by atoms with Gasteiger partial charge in [-0.15, -0.1) is 0 Å². The molecular weight excluding hydrogens is 324 g/mol. The minimum Gasteiger partial charge on any atom is -0.354 e. The van der Waals surface area contributed by atoms with Crippen LogP contribution in [-0.4, -0.2) is 24.9 Å². The number of hydrogen-bond donors (Lipinski definition) is 2. The zero-order valence-electron chi connectivity index (χ0n) is 15.5. The Morgan fingerprint density at radius 1 is 0.846 bits per heavy atom. The van der Waals surface area contributed by atoms with Crippen LogP contribution in [0.1, 0.15) is 50.5 Å². The van der Waals surface area contributed by atoms with Crippen molar-refractivity contribution in [3.63, 3.8) is 0 Å².